The molecule has 1 N–H and O–H groups in total. The summed E-state index contributed by atoms with van der Waals surface area (Å²) in [5, 5.41) is 7.92. The molecule has 0 amide bonds. The molecule has 0 aromatic heterocycles. The molecule has 0 bridgehead atoms. The second kappa shape index (κ2) is 2.87. The Balaban J connectivity index is 3.80. The summed E-state index contributed by atoms with van der Waals surface area (Å²) in [5.74, 6) is -1.64. The minimum absolute atomic E-state index is 0.801. The molecular formula is C4H5F3O3. The van der Waals surface area contributed by atoms with E-state index in [4.69, 9.17) is 5.11 Å². The van der Waals surface area contributed by atoms with E-state index < -0.39 is 18.4 Å². The number of carboxylic acid groups (broad SMARTS) is 1. The van der Waals surface area contributed by atoms with Gasteiger partial charge in [-0.05, 0) is 6.92 Å². The first-order chi connectivity index (χ1) is 4.33. The van der Waals surface area contributed by atoms with Gasteiger partial charge in [0.15, 0.2) is 6.10 Å². The van der Waals surface area contributed by atoms with Crippen LogP contribution in [0.2, 0.25) is 0 Å². The zero-order valence-electron chi connectivity index (χ0n) is 4.97. The Morgan fingerprint density at radius 2 is 2.00 bits per heavy atom. The van der Waals surface area contributed by atoms with Crippen molar-refractivity contribution >= 4 is 5.97 Å². The van der Waals surface area contributed by atoms with Crippen molar-refractivity contribution in [3.05, 3.63) is 0 Å². The van der Waals surface area contributed by atoms with Crippen LogP contribution in [0, 0.1) is 0 Å². The van der Waals surface area contributed by atoms with E-state index in [1.165, 1.54) is 0 Å². The number of aliphatic carboxylic acids is 1. The van der Waals surface area contributed by atoms with Crippen LogP contribution >= 0.6 is 0 Å². The van der Waals surface area contributed by atoms with E-state index in [2.05, 4.69) is 4.74 Å². The van der Waals surface area contributed by atoms with E-state index in [9.17, 15) is 18.0 Å². The summed E-state index contributed by atoms with van der Waals surface area (Å²) < 4.78 is 36.6. The minimum atomic E-state index is -4.88. The van der Waals surface area contributed by atoms with Gasteiger partial charge in [0, 0.05) is 0 Å². The molecule has 0 saturated heterocycles. The molecule has 0 aliphatic carbocycles. The third kappa shape index (κ3) is 4.13. The maximum Gasteiger partial charge on any atom is 0.523 e. The molecule has 0 fully saturated rings. The number of halogens is 3. The molecule has 10 heavy (non-hydrogen) atoms. The van der Waals surface area contributed by atoms with E-state index in [-0.39, 0.29) is 0 Å². The van der Waals surface area contributed by atoms with Crippen LogP contribution in [0.5, 0.6) is 0 Å². The Labute approximate surface area is 54.4 Å². The maximum atomic E-state index is 11.2. The molecule has 0 aliphatic heterocycles. The number of carbonyl (C=O) groups is 1. The van der Waals surface area contributed by atoms with Crippen LogP contribution in [0.1, 0.15) is 6.92 Å². The zero-order chi connectivity index (χ0) is 8.36. The molecule has 1 atom stereocenters. The number of hydrogen-bond acceptors (Lipinski definition) is 2. The fourth-order valence-corrected chi connectivity index (χ4v) is 0.251. The number of hydrogen-bond donors (Lipinski definition) is 1. The summed E-state index contributed by atoms with van der Waals surface area (Å²) in [5.41, 5.74) is 0. The first-order valence-corrected chi connectivity index (χ1v) is 2.30. The second-order valence-corrected chi connectivity index (χ2v) is 1.54. The van der Waals surface area contributed by atoms with Gasteiger partial charge >= 0.3 is 12.3 Å². The predicted molar refractivity (Wildman–Crippen MR) is 24.2 cm³/mol. The van der Waals surface area contributed by atoms with Crippen molar-refractivity contribution in [2.75, 3.05) is 0 Å². The molecule has 0 radical (unpaired) electrons. The Bertz CT molecular complexity index is 130. The van der Waals surface area contributed by atoms with Crippen LogP contribution in [0.3, 0.4) is 0 Å². The van der Waals surface area contributed by atoms with Crippen LogP contribution in [0.25, 0.3) is 0 Å². The normalized spacial score (nSPS) is 14.8. The van der Waals surface area contributed by atoms with Gasteiger partial charge in [-0.25, -0.2) is 4.79 Å². The molecule has 60 valence electrons. The lowest BCUT2D eigenvalue weighted by Gasteiger charge is -2.09. The first-order valence-electron chi connectivity index (χ1n) is 2.30. The summed E-state index contributed by atoms with van der Waals surface area (Å²) in [6.07, 6.45) is -6.72. The van der Waals surface area contributed by atoms with Crippen LogP contribution < -0.4 is 0 Å². The highest BCUT2D eigenvalue weighted by molar-refractivity contribution is 5.71. The van der Waals surface area contributed by atoms with Crippen molar-refractivity contribution in [2.24, 2.45) is 0 Å². The number of alkyl halides is 3. The molecule has 0 aromatic carbocycles. The highest BCUT2D eigenvalue weighted by atomic mass is 19.4. The molecule has 0 aliphatic rings. The summed E-state index contributed by atoms with van der Waals surface area (Å²) >= 11 is 0. The lowest BCUT2D eigenvalue weighted by atomic mass is 10.4. The van der Waals surface area contributed by atoms with Crippen molar-refractivity contribution in [1.82, 2.24) is 0 Å². The highest BCUT2D eigenvalue weighted by Gasteiger charge is 2.34. The highest BCUT2D eigenvalue weighted by Crippen LogP contribution is 2.18. The second-order valence-electron chi connectivity index (χ2n) is 1.54. The summed E-state index contributed by atoms with van der Waals surface area (Å²) in [6, 6.07) is 0. The van der Waals surface area contributed by atoms with Gasteiger partial charge in [-0.15, -0.1) is 13.2 Å². The Morgan fingerprint density at radius 1 is 1.60 bits per heavy atom. The summed E-state index contributed by atoms with van der Waals surface area (Å²) in [7, 11) is 0. The van der Waals surface area contributed by atoms with Gasteiger partial charge in [-0.1, -0.05) is 0 Å². The van der Waals surface area contributed by atoms with Crippen molar-refractivity contribution in [3.63, 3.8) is 0 Å². The largest absolute Gasteiger partial charge is 0.523 e. The Kier molecular flexibility index (Phi) is 2.65. The monoisotopic (exact) mass is 158 g/mol. The Hall–Kier alpha value is -0.780. The molecule has 0 rings (SSSR count). The predicted octanol–water partition coefficient (Wildman–Crippen LogP) is 0.996. The minimum Gasteiger partial charge on any atom is -0.479 e. The van der Waals surface area contributed by atoms with E-state index in [1.807, 2.05) is 0 Å². The molecule has 0 heterocycles. The summed E-state index contributed by atoms with van der Waals surface area (Å²) in [6.45, 7) is 0.801. The van der Waals surface area contributed by atoms with Gasteiger partial charge in [-0.3, -0.25) is 4.74 Å². The lowest BCUT2D eigenvalue weighted by Crippen LogP contribution is -2.27. The van der Waals surface area contributed by atoms with Gasteiger partial charge in [0.1, 0.15) is 0 Å². The first kappa shape index (κ1) is 9.22. The van der Waals surface area contributed by atoms with Crippen LogP contribution in [-0.4, -0.2) is 23.5 Å². The maximum absolute atomic E-state index is 11.2. The van der Waals surface area contributed by atoms with Gasteiger partial charge in [0.25, 0.3) is 0 Å². The molecule has 0 spiro atoms. The fraction of sp³-hybridized carbons (Fsp3) is 0.750. The molecule has 0 unspecified atom stereocenters. The summed E-state index contributed by atoms with van der Waals surface area (Å²) in [4.78, 5) is 9.75. The quantitative estimate of drug-likeness (QED) is 0.651. The van der Waals surface area contributed by atoms with Crippen LogP contribution in [0.15, 0.2) is 0 Å². The lowest BCUT2D eigenvalue weighted by molar-refractivity contribution is -0.337. The van der Waals surface area contributed by atoms with Crippen molar-refractivity contribution < 1.29 is 27.8 Å². The van der Waals surface area contributed by atoms with E-state index in [0.717, 1.165) is 6.92 Å². The smallest absolute Gasteiger partial charge is 0.479 e. The van der Waals surface area contributed by atoms with Crippen molar-refractivity contribution in [2.45, 2.75) is 19.4 Å². The van der Waals surface area contributed by atoms with Gasteiger partial charge in [-0.2, -0.15) is 0 Å². The molecule has 0 saturated carbocycles. The van der Waals surface area contributed by atoms with E-state index in [0.29, 0.717) is 0 Å². The van der Waals surface area contributed by atoms with Gasteiger partial charge < -0.3 is 5.11 Å². The van der Waals surface area contributed by atoms with Crippen LogP contribution in [-0.2, 0) is 9.53 Å². The van der Waals surface area contributed by atoms with E-state index >= 15 is 0 Å². The molecule has 6 heteroatoms. The average molecular weight is 158 g/mol. The molecule has 3 nitrogen and oxygen atoms in total. The van der Waals surface area contributed by atoms with Gasteiger partial charge in [0.2, 0.25) is 0 Å². The van der Waals surface area contributed by atoms with Crippen molar-refractivity contribution in [1.29, 1.82) is 0 Å². The van der Waals surface area contributed by atoms with E-state index in [1.54, 1.807) is 0 Å². The van der Waals surface area contributed by atoms with Gasteiger partial charge in [0.05, 0.1) is 0 Å². The topological polar surface area (TPSA) is 46.5 Å². The number of carboxylic acids is 1. The standard InChI is InChI=1S/C4H5F3O3/c1-2(3(8)9)10-4(5,6)7/h2H,1H3,(H,8,9)/t2-/m0/s1. The number of rotatable bonds is 2. The molecule has 0 aromatic rings. The SMILES string of the molecule is C[C@H](OC(F)(F)F)C(=O)O. The third-order valence-corrected chi connectivity index (χ3v) is 0.658. The molecular weight excluding hydrogens is 153 g/mol. The fourth-order valence-electron chi connectivity index (χ4n) is 0.251. The zero-order valence-corrected chi connectivity index (χ0v) is 4.97. The third-order valence-electron chi connectivity index (χ3n) is 0.658. The number of ether oxygens (including phenoxy) is 1. The Morgan fingerprint density at radius 3 is 2.10 bits per heavy atom. The van der Waals surface area contributed by atoms with Crippen molar-refractivity contribution in [3.8, 4) is 0 Å². The van der Waals surface area contributed by atoms with Crippen LogP contribution in [0.4, 0.5) is 13.2 Å². The average Bonchev–Trinajstić information content (AvgIpc) is 1.60.